The molecule has 2 aliphatic rings. The molecule has 7 nitrogen and oxygen atoms in total. The average Bonchev–Trinajstić information content (AvgIpc) is 2.98. The number of aromatic nitrogens is 2. The van der Waals surface area contributed by atoms with Gasteiger partial charge in [-0.3, -0.25) is 4.90 Å². The lowest BCUT2D eigenvalue weighted by molar-refractivity contribution is 0.305. The molecule has 1 aromatic carbocycles. The summed E-state index contributed by atoms with van der Waals surface area (Å²) in [7, 11) is 0. The standard InChI is InChI=1S/C18H25N7/c1-11(2)15-21-13-7-6-12(10-14(13)22-15)25-17(20)23-16(19)24-18(25)8-4-3-5-9-18/h6-7,10-11H,3-5,8-9H2,1-2H3,(H,21,22)(H4,19,20,23,24). The largest absolute Gasteiger partial charge is 0.369 e. The molecule has 0 unspecified atom stereocenters. The van der Waals surface area contributed by atoms with Crippen molar-refractivity contribution in [2.45, 2.75) is 57.5 Å². The highest BCUT2D eigenvalue weighted by Gasteiger charge is 2.42. The number of nitrogens with one attached hydrogen (secondary N) is 1. The topological polar surface area (TPSA) is 109 Å². The number of aromatic amines is 1. The molecule has 0 atom stereocenters. The van der Waals surface area contributed by atoms with Crippen molar-refractivity contribution in [3.05, 3.63) is 24.0 Å². The number of nitrogens with zero attached hydrogens (tertiary/aromatic N) is 4. The summed E-state index contributed by atoms with van der Waals surface area (Å²) in [4.78, 5) is 19.1. The Morgan fingerprint density at radius 2 is 1.92 bits per heavy atom. The van der Waals surface area contributed by atoms with Crippen LogP contribution in [-0.2, 0) is 0 Å². The van der Waals surface area contributed by atoms with Gasteiger partial charge in [0.1, 0.15) is 11.5 Å². The zero-order valence-corrected chi connectivity index (χ0v) is 14.8. The summed E-state index contributed by atoms with van der Waals surface area (Å²) in [5, 5.41) is 0. The number of hydrogen-bond donors (Lipinski definition) is 3. The van der Waals surface area contributed by atoms with E-state index in [1.165, 1.54) is 6.42 Å². The van der Waals surface area contributed by atoms with Crippen molar-refractivity contribution in [2.24, 2.45) is 21.5 Å². The molecule has 1 aliphatic heterocycles. The smallest absolute Gasteiger partial charge is 0.220 e. The van der Waals surface area contributed by atoms with E-state index in [2.05, 4.69) is 39.8 Å². The molecule has 1 spiro atoms. The molecule has 1 aromatic heterocycles. The third-order valence-corrected chi connectivity index (χ3v) is 5.14. The fourth-order valence-electron chi connectivity index (χ4n) is 3.92. The van der Waals surface area contributed by atoms with Gasteiger partial charge >= 0.3 is 0 Å². The van der Waals surface area contributed by atoms with Gasteiger partial charge in [0, 0.05) is 11.6 Å². The van der Waals surface area contributed by atoms with Gasteiger partial charge in [-0.25, -0.2) is 9.98 Å². The molecule has 2 aromatic rings. The fourth-order valence-corrected chi connectivity index (χ4v) is 3.92. The van der Waals surface area contributed by atoms with Gasteiger partial charge in [-0.15, -0.1) is 0 Å². The lowest BCUT2D eigenvalue weighted by atomic mass is 9.87. The maximum absolute atomic E-state index is 6.29. The van der Waals surface area contributed by atoms with Gasteiger partial charge in [0.2, 0.25) is 11.9 Å². The molecule has 0 radical (unpaired) electrons. The minimum absolute atomic E-state index is 0.278. The van der Waals surface area contributed by atoms with E-state index in [9.17, 15) is 0 Å². The van der Waals surface area contributed by atoms with E-state index in [0.717, 1.165) is 48.2 Å². The minimum Gasteiger partial charge on any atom is -0.369 e. The molecule has 0 saturated heterocycles. The van der Waals surface area contributed by atoms with E-state index in [1.54, 1.807) is 0 Å². The van der Waals surface area contributed by atoms with Crippen molar-refractivity contribution in [2.75, 3.05) is 4.90 Å². The molecule has 0 bridgehead atoms. The average molecular weight is 339 g/mol. The Morgan fingerprint density at radius 3 is 2.64 bits per heavy atom. The van der Waals surface area contributed by atoms with Gasteiger partial charge in [-0.2, -0.15) is 4.99 Å². The molecule has 7 heteroatoms. The van der Waals surface area contributed by atoms with E-state index in [0.29, 0.717) is 11.9 Å². The van der Waals surface area contributed by atoms with Crippen LogP contribution in [0.1, 0.15) is 57.7 Å². The quantitative estimate of drug-likeness (QED) is 0.781. The molecular weight excluding hydrogens is 314 g/mol. The van der Waals surface area contributed by atoms with E-state index in [-0.39, 0.29) is 5.96 Å². The molecule has 2 heterocycles. The zero-order chi connectivity index (χ0) is 17.6. The van der Waals surface area contributed by atoms with Crippen molar-refractivity contribution in [3.63, 3.8) is 0 Å². The Kier molecular flexibility index (Phi) is 3.67. The summed E-state index contributed by atoms with van der Waals surface area (Å²) in [5.74, 6) is 2.03. The number of anilines is 1. The molecule has 25 heavy (non-hydrogen) atoms. The van der Waals surface area contributed by atoms with Gasteiger partial charge in [-0.05, 0) is 43.9 Å². The maximum Gasteiger partial charge on any atom is 0.220 e. The lowest BCUT2D eigenvalue weighted by Crippen LogP contribution is -2.58. The number of H-pyrrole nitrogens is 1. The number of benzene rings is 1. The number of rotatable bonds is 2. The van der Waals surface area contributed by atoms with E-state index in [1.807, 2.05) is 12.1 Å². The highest BCUT2D eigenvalue weighted by atomic mass is 15.4. The van der Waals surface area contributed by atoms with E-state index >= 15 is 0 Å². The van der Waals surface area contributed by atoms with Crippen molar-refractivity contribution in [1.82, 2.24) is 9.97 Å². The summed E-state index contributed by atoms with van der Waals surface area (Å²) < 4.78 is 0. The highest BCUT2D eigenvalue weighted by Crippen LogP contribution is 2.40. The second kappa shape index (κ2) is 5.75. The molecule has 1 saturated carbocycles. The van der Waals surface area contributed by atoms with Crippen molar-refractivity contribution in [3.8, 4) is 0 Å². The molecular formula is C18H25N7. The zero-order valence-electron chi connectivity index (χ0n) is 14.8. The second-order valence-electron chi connectivity index (χ2n) is 7.30. The third-order valence-electron chi connectivity index (χ3n) is 5.14. The third kappa shape index (κ3) is 2.63. The van der Waals surface area contributed by atoms with Crippen LogP contribution >= 0.6 is 0 Å². The number of guanidine groups is 2. The first kappa shape index (κ1) is 15.9. The van der Waals surface area contributed by atoms with Crippen molar-refractivity contribution >= 4 is 28.6 Å². The Bertz CT molecular complexity index is 855. The monoisotopic (exact) mass is 339 g/mol. The van der Waals surface area contributed by atoms with Crippen LogP contribution in [0, 0.1) is 0 Å². The number of aliphatic imine (C=N–C) groups is 2. The molecule has 132 valence electrons. The predicted octanol–water partition coefficient (Wildman–Crippen LogP) is 2.80. The van der Waals surface area contributed by atoms with Crippen LogP contribution < -0.4 is 16.4 Å². The minimum atomic E-state index is -0.414. The maximum atomic E-state index is 6.29. The van der Waals surface area contributed by atoms with Crippen LogP contribution in [0.5, 0.6) is 0 Å². The van der Waals surface area contributed by atoms with Crippen LogP contribution in [0.15, 0.2) is 28.2 Å². The Balaban J connectivity index is 1.80. The van der Waals surface area contributed by atoms with Crippen molar-refractivity contribution < 1.29 is 0 Å². The first-order chi connectivity index (χ1) is 12.0. The van der Waals surface area contributed by atoms with Crippen LogP contribution in [0.4, 0.5) is 5.69 Å². The highest BCUT2D eigenvalue weighted by molar-refractivity contribution is 6.06. The summed E-state index contributed by atoms with van der Waals surface area (Å²) >= 11 is 0. The second-order valence-corrected chi connectivity index (χ2v) is 7.30. The summed E-state index contributed by atoms with van der Waals surface area (Å²) in [5.41, 5.74) is 14.8. The molecule has 4 rings (SSSR count). The lowest BCUT2D eigenvalue weighted by Gasteiger charge is -2.45. The number of nitrogens with two attached hydrogens (primary N) is 2. The summed E-state index contributed by atoms with van der Waals surface area (Å²) in [6, 6.07) is 6.16. The van der Waals surface area contributed by atoms with Gasteiger partial charge in [0.05, 0.1) is 11.0 Å². The summed E-state index contributed by atoms with van der Waals surface area (Å²) in [6.45, 7) is 4.25. The van der Waals surface area contributed by atoms with Crippen molar-refractivity contribution in [1.29, 1.82) is 0 Å². The normalized spacial score (nSPS) is 20.2. The van der Waals surface area contributed by atoms with E-state index in [4.69, 9.17) is 16.5 Å². The Labute approximate surface area is 147 Å². The van der Waals surface area contributed by atoms with Gasteiger partial charge in [0.25, 0.3) is 0 Å². The van der Waals surface area contributed by atoms with Gasteiger partial charge in [-0.1, -0.05) is 20.3 Å². The fraction of sp³-hybridized carbons (Fsp3) is 0.500. The number of hydrogen-bond acceptors (Lipinski definition) is 6. The number of fused-ring (bicyclic) bond motifs is 1. The van der Waals surface area contributed by atoms with Crippen LogP contribution in [0.25, 0.3) is 11.0 Å². The Morgan fingerprint density at radius 1 is 1.16 bits per heavy atom. The Hall–Kier alpha value is -2.57. The van der Waals surface area contributed by atoms with Crippen LogP contribution in [0.2, 0.25) is 0 Å². The predicted molar refractivity (Wildman–Crippen MR) is 102 cm³/mol. The van der Waals surface area contributed by atoms with Crippen LogP contribution in [-0.4, -0.2) is 27.5 Å². The van der Waals surface area contributed by atoms with Gasteiger partial charge < -0.3 is 16.5 Å². The summed E-state index contributed by atoms with van der Waals surface area (Å²) in [6.07, 6.45) is 5.32. The molecule has 1 fully saturated rings. The SMILES string of the molecule is CC(C)c1nc2ccc(N3C(N)=NC(N)=NC34CCCCC4)cc2[nH]1. The van der Waals surface area contributed by atoms with Gasteiger partial charge in [0.15, 0.2) is 0 Å². The molecule has 1 aliphatic carbocycles. The number of imidazole rings is 1. The first-order valence-corrected chi connectivity index (χ1v) is 8.98. The van der Waals surface area contributed by atoms with E-state index < -0.39 is 5.66 Å². The molecule has 0 amide bonds. The molecule has 5 N–H and O–H groups in total. The first-order valence-electron chi connectivity index (χ1n) is 8.98. The van der Waals surface area contributed by atoms with Crippen LogP contribution in [0.3, 0.4) is 0 Å².